The Kier molecular flexibility index (Phi) is 3.50. The molecule has 0 saturated carbocycles. The van der Waals surface area contributed by atoms with Crippen LogP contribution in [0.5, 0.6) is 17.4 Å². The molecule has 2 heterocycles. The molecule has 0 aliphatic heterocycles. The largest absolute Gasteiger partial charge is 0.504 e. The summed E-state index contributed by atoms with van der Waals surface area (Å²) in [4.78, 5) is 18.8. The van der Waals surface area contributed by atoms with Crippen molar-refractivity contribution < 1.29 is 9.84 Å². The Morgan fingerprint density at radius 3 is 2.73 bits per heavy atom. The second-order valence-electron chi connectivity index (χ2n) is 5.05. The SMILES string of the molecule is Cc1ccc(Oc2c(O)c3cc(C)c(Cl)cc3[nH]c2=O)nc1. The van der Waals surface area contributed by atoms with Crippen molar-refractivity contribution in [2.45, 2.75) is 13.8 Å². The lowest BCUT2D eigenvalue weighted by atomic mass is 10.1. The van der Waals surface area contributed by atoms with Crippen LogP contribution in [0.1, 0.15) is 11.1 Å². The summed E-state index contributed by atoms with van der Waals surface area (Å²) in [6, 6.07) is 6.73. The number of H-pyrrole nitrogens is 1. The van der Waals surface area contributed by atoms with Gasteiger partial charge in [0.25, 0.3) is 5.56 Å². The summed E-state index contributed by atoms with van der Waals surface area (Å²) in [6.07, 6.45) is 1.62. The van der Waals surface area contributed by atoms with Gasteiger partial charge in [0.15, 0.2) is 5.75 Å². The average Bonchev–Trinajstić information content (AvgIpc) is 2.48. The lowest BCUT2D eigenvalue weighted by molar-refractivity contribution is 0.401. The molecule has 3 aromatic rings. The van der Waals surface area contributed by atoms with Crippen molar-refractivity contribution in [3.8, 4) is 17.4 Å². The Morgan fingerprint density at radius 1 is 1.27 bits per heavy atom. The van der Waals surface area contributed by atoms with E-state index in [0.29, 0.717) is 15.9 Å². The highest BCUT2D eigenvalue weighted by Crippen LogP contribution is 2.34. The lowest BCUT2D eigenvalue weighted by Gasteiger charge is -2.09. The summed E-state index contributed by atoms with van der Waals surface area (Å²) in [6.45, 7) is 3.71. The van der Waals surface area contributed by atoms with Gasteiger partial charge in [-0.25, -0.2) is 4.98 Å². The number of aromatic nitrogens is 2. The van der Waals surface area contributed by atoms with Gasteiger partial charge in [-0.2, -0.15) is 0 Å². The number of rotatable bonds is 2. The first-order chi connectivity index (χ1) is 10.5. The molecule has 1 aromatic carbocycles. The molecule has 0 fully saturated rings. The van der Waals surface area contributed by atoms with Crippen LogP contribution in [0.2, 0.25) is 5.02 Å². The summed E-state index contributed by atoms with van der Waals surface area (Å²) < 4.78 is 5.44. The Balaban J connectivity index is 2.15. The Morgan fingerprint density at radius 2 is 2.05 bits per heavy atom. The van der Waals surface area contributed by atoms with Crippen LogP contribution in [0.3, 0.4) is 0 Å². The van der Waals surface area contributed by atoms with Gasteiger partial charge in [0.1, 0.15) is 0 Å². The van der Waals surface area contributed by atoms with Crippen LogP contribution in [-0.2, 0) is 0 Å². The summed E-state index contributed by atoms with van der Waals surface area (Å²) >= 11 is 6.03. The average molecular weight is 317 g/mol. The standard InChI is InChI=1S/C16H13ClN2O3/c1-8-3-4-13(18-7-8)22-15-14(20)10-5-9(2)11(17)6-12(10)19-16(15)21/h3-7H,1-2H3,(H2,19,20,21). The molecule has 0 bridgehead atoms. The monoisotopic (exact) mass is 316 g/mol. The maximum absolute atomic E-state index is 12.1. The highest BCUT2D eigenvalue weighted by molar-refractivity contribution is 6.32. The smallest absolute Gasteiger partial charge is 0.295 e. The molecule has 22 heavy (non-hydrogen) atoms. The molecule has 2 N–H and O–H groups in total. The molecule has 112 valence electrons. The Hall–Kier alpha value is -2.53. The van der Waals surface area contributed by atoms with E-state index in [1.807, 2.05) is 13.8 Å². The van der Waals surface area contributed by atoms with E-state index in [-0.39, 0.29) is 17.4 Å². The van der Waals surface area contributed by atoms with Gasteiger partial charge in [0.2, 0.25) is 11.6 Å². The van der Waals surface area contributed by atoms with Gasteiger partial charge in [-0.15, -0.1) is 0 Å². The summed E-state index contributed by atoms with van der Waals surface area (Å²) in [7, 11) is 0. The van der Waals surface area contributed by atoms with Gasteiger partial charge in [0.05, 0.1) is 5.52 Å². The van der Waals surface area contributed by atoms with E-state index in [1.54, 1.807) is 30.5 Å². The number of hydrogen-bond donors (Lipinski definition) is 2. The summed E-state index contributed by atoms with van der Waals surface area (Å²) in [5, 5.41) is 11.3. The maximum Gasteiger partial charge on any atom is 0.295 e. The zero-order valence-electron chi connectivity index (χ0n) is 12.0. The van der Waals surface area contributed by atoms with Gasteiger partial charge >= 0.3 is 0 Å². The van der Waals surface area contributed by atoms with Crippen molar-refractivity contribution in [1.82, 2.24) is 9.97 Å². The van der Waals surface area contributed by atoms with Crippen molar-refractivity contribution in [2.75, 3.05) is 0 Å². The number of nitrogens with one attached hydrogen (secondary N) is 1. The zero-order valence-corrected chi connectivity index (χ0v) is 12.7. The second-order valence-corrected chi connectivity index (χ2v) is 5.46. The molecule has 0 aliphatic carbocycles. The van der Waals surface area contributed by atoms with Crippen molar-refractivity contribution in [2.24, 2.45) is 0 Å². The molecular formula is C16H13ClN2O3. The van der Waals surface area contributed by atoms with Crippen molar-refractivity contribution in [3.05, 3.63) is 57.0 Å². The van der Waals surface area contributed by atoms with Crippen LogP contribution in [0.4, 0.5) is 0 Å². The fraction of sp³-hybridized carbons (Fsp3) is 0.125. The number of aromatic amines is 1. The molecular weight excluding hydrogens is 304 g/mol. The molecule has 6 heteroatoms. The lowest BCUT2D eigenvalue weighted by Crippen LogP contribution is -2.09. The molecule has 0 unspecified atom stereocenters. The molecule has 0 amide bonds. The summed E-state index contributed by atoms with van der Waals surface area (Å²) in [5.41, 5.74) is 1.65. The maximum atomic E-state index is 12.1. The number of hydrogen-bond acceptors (Lipinski definition) is 4. The van der Waals surface area contributed by atoms with E-state index < -0.39 is 5.56 Å². The summed E-state index contributed by atoms with van der Waals surface area (Å²) in [5.74, 6) is -0.192. The quantitative estimate of drug-likeness (QED) is 0.756. The first-order valence-electron chi connectivity index (χ1n) is 6.61. The number of halogens is 1. The number of aryl methyl sites for hydroxylation is 2. The van der Waals surface area contributed by atoms with Gasteiger partial charge in [0, 0.05) is 22.7 Å². The third kappa shape index (κ3) is 2.51. The van der Waals surface area contributed by atoms with Gasteiger partial charge < -0.3 is 14.8 Å². The molecule has 0 radical (unpaired) electrons. The van der Waals surface area contributed by atoms with Crippen molar-refractivity contribution >= 4 is 22.5 Å². The number of pyridine rings is 2. The molecule has 0 saturated heterocycles. The fourth-order valence-electron chi connectivity index (χ4n) is 2.10. The predicted molar refractivity (Wildman–Crippen MR) is 85.0 cm³/mol. The van der Waals surface area contributed by atoms with Gasteiger partial charge in [-0.3, -0.25) is 4.79 Å². The topological polar surface area (TPSA) is 75.2 Å². The third-order valence-corrected chi connectivity index (χ3v) is 3.72. The van der Waals surface area contributed by atoms with Gasteiger partial charge in [-0.05, 0) is 37.1 Å². The van der Waals surface area contributed by atoms with Crippen LogP contribution in [-0.4, -0.2) is 15.1 Å². The molecule has 3 rings (SSSR count). The first kappa shape index (κ1) is 14.4. The van der Waals surface area contributed by atoms with Crippen LogP contribution in [0.25, 0.3) is 10.9 Å². The van der Waals surface area contributed by atoms with E-state index in [2.05, 4.69) is 9.97 Å². The number of nitrogens with zero attached hydrogens (tertiary/aromatic N) is 1. The van der Waals surface area contributed by atoms with Crippen LogP contribution in [0.15, 0.2) is 35.3 Å². The van der Waals surface area contributed by atoms with E-state index in [4.69, 9.17) is 16.3 Å². The normalized spacial score (nSPS) is 10.9. The third-order valence-electron chi connectivity index (χ3n) is 3.31. The van der Waals surface area contributed by atoms with E-state index >= 15 is 0 Å². The van der Waals surface area contributed by atoms with Crippen molar-refractivity contribution in [3.63, 3.8) is 0 Å². The van der Waals surface area contributed by atoms with E-state index in [0.717, 1.165) is 11.1 Å². The van der Waals surface area contributed by atoms with Crippen LogP contribution < -0.4 is 10.3 Å². The first-order valence-corrected chi connectivity index (χ1v) is 6.99. The highest BCUT2D eigenvalue weighted by atomic mass is 35.5. The minimum atomic E-state index is -0.549. The van der Waals surface area contributed by atoms with E-state index in [9.17, 15) is 9.90 Å². The fourth-order valence-corrected chi connectivity index (χ4v) is 2.27. The molecule has 2 aromatic heterocycles. The Bertz CT molecular complexity index is 917. The number of ether oxygens (including phenoxy) is 1. The van der Waals surface area contributed by atoms with Crippen molar-refractivity contribution in [1.29, 1.82) is 0 Å². The number of benzene rings is 1. The second kappa shape index (κ2) is 5.35. The highest BCUT2D eigenvalue weighted by Gasteiger charge is 2.15. The van der Waals surface area contributed by atoms with Gasteiger partial charge in [-0.1, -0.05) is 17.7 Å². The van der Waals surface area contributed by atoms with E-state index in [1.165, 1.54) is 0 Å². The minimum absolute atomic E-state index is 0.189. The Labute approximate surface area is 131 Å². The molecule has 0 aliphatic rings. The molecule has 0 atom stereocenters. The number of fused-ring (bicyclic) bond motifs is 1. The van der Waals surface area contributed by atoms with Crippen LogP contribution >= 0.6 is 11.6 Å². The molecule has 0 spiro atoms. The number of aromatic hydroxyl groups is 1. The zero-order chi connectivity index (χ0) is 15.9. The predicted octanol–water partition coefficient (Wildman–Crippen LogP) is 3.69. The van der Waals surface area contributed by atoms with Crippen LogP contribution in [0, 0.1) is 13.8 Å². The minimum Gasteiger partial charge on any atom is -0.504 e. The molecule has 5 nitrogen and oxygen atoms in total.